The molecule has 0 saturated carbocycles. The van der Waals surface area contributed by atoms with Crippen LogP contribution in [-0.2, 0) is 14.3 Å². The van der Waals surface area contributed by atoms with Gasteiger partial charge in [0.2, 0.25) is 5.91 Å². The van der Waals surface area contributed by atoms with Crippen LogP contribution in [0, 0.1) is 0 Å². The number of esters is 1. The smallest absolute Gasteiger partial charge is 0.338 e. The first kappa shape index (κ1) is 18.7. The molecule has 1 atom stereocenters. The fraction of sp³-hybridized carbons (Fsp3) is 0.167. The van der Waals surface area contributed by atoms with Gasteiger partial charge in [0, 0.05) is 22.8 Å². The molecule has 6 nitrogen and oxygen atoms in total. The maximum Gasteiger partial charge on any atom is 0.338 e. The lowest BCUT2D eigenvalue weighted by Gasteiger charge is -2.14. The predicted molar refractivity (Wildman–Crippen MR) is 98.4 cm³/mol. The van der Waals surface area contributed by atoms with Crippen molar-refractivity contribution < 1.29 is 19.1 Å². The molecule has 2 aromatic carbocycles. The van der Waals surface area contributed by atoms with E-state index in [9.17, 15) is 14.4 Å². The summed E-state index contributed by atoms with van der Waals surface area (Å²) in [6.45, 7) is 2.91. The summed E-state index contributed by atoms with van der Waals surface area (Å²) in [6, 6.07) is 13.3. The molecule has 2 rings (SSSR count). The average molecular weight is 405 g/mol. The summed E-state index contributed by atoms with van der Waals surface area (Å²) in [5, 5.41) is 5.28. The van der Waals surface area contributed by atoms with Gasteiger partial charge >= 0.3 is 5.97 Å². The molecule has 0 spiro atoms. The number of carbonyl (C=O) groups excluding carboxylic acids is 3. The van der Waals surface area contributed by atoms with Gasteiger partial charge in [0.25, 0.3) is 5.91 Å². The summed E-state index contributed by atoms with van der Waals surface area (Å²) in [7, 11) is 0. The molecule has 0 aliphatic rings. The number of ether oxygens (including phenoxy) is 1. The molecule has 0 saturated heterocycles. The number of carbonyl (C=O) groups is 3. The van der Waals surface area contributed by atoms with Crippen LogP contribution < -0.4 is 10.6 Å². The highest BCUT2D eigenvalue weighted by Crippen LogP contribution is 2.15. The Bertz CT molecular complexity index is 773. The van der Waals surface area contributed by atoms with E-state index in [4.69, 9.17) is 4.74 Å². The van der Waals surface area contributed by atoms with Gasteiger partial charge < -0.3 is 15.4 Å². The fourth-order valence-electron chi connectivity index (χ4n) is 1.95. The molecule has 2 amide bonds. The first-order valence-electron chi connectivity index (χ1n) is 7.50. The molecule has 0 unspecified atom stereocenters. The molecule has 130 valence electrons. The molecular formula is C18H17BrN2O4. The van der Waals surface area contributed by atoms with Crippen molar-refractivity contribution in [2.45, 2.75) is 20.0 Å². The number of halogens is 1. The Hall–Kier alpha value is -2.67. The number of hydrogen-bond donors (Lipinski definition) is 2. The van der Waals surface area contributed by atoms with Crippen molar-refractivity contribution in [1.82, 2.24) is 0 Å². The molecule has 2 N–H and O–H groups in total. The second-order valence-corrected chi connectivity index (χ2v) is 6.22. The third-order valence-electron chi connectivity index (χ3n) is 3.21. The largest absolute Gasteiger partial charge is 0.449 e. The Kier molecular flexibility index (Phi) is 6.30. The Morgan fingerprint density at radius 1 is 0.920 bits per heavy atom. The highest BCUT2D eigenvalue weighted by atomic mass is 79.9. The lowest BCUT2D eigenvalue weighted by Crippen LogP contribution is -2.30. The molecule has 0 fully saturated rings. The number of hydrogen-bond acceptors (Lipinski definition) is 4. The van der Waals surface area contributed by atoms with Gasteiger partial charge in [0.15, 0.2) is 6.10 Å². The van der Waals surface area contributed by atoms with Crippen molar-refractivity contribution >= 4 is 45.1 Å². The summed E-state index contributed by atoms with van der Waals surface area (Å²) in [5.41, 5.74) is 1.52. The number of anilines is 2. The molecule has 0 bridgehead atoms. The van der Waals surface area contributed by atoms with Crippen LogP contribution >= 0.6 is 15.9 Å². The van der Waals surface area contributed by atoms with E-state index in [2.05, 4.69) is 26.6 Å². The van der Waals surface area contributed by atoms with Gasteiger partial charge in [-0.3, -0.25) is 9.59 Å². The van der Waals surface area contributed by atoms with Crippen LogP contribution in [-0.4, -0.2) is 23.9 Å². The summed E-state index contributed by atoms with van der Waals surface area (Å²) >= 11 is 3.28. The SMILES string of the molecule is CC(=O)Nc1ccc(NC(=O)[C@@H](C)OC(=O)c2ccc(Br)cc2)cc1. The van der Waals surface area contributed by atoms with Crippen molar-refractivity contribution in [2.75, 3.05) is 10.6 Å². The van der Waals surface area contributed by atoms with Crippen LogP contribution in [0.3, 0.4) is 0 Å². The van der Waals surface area contributed by atoms with Gasteiger partial charge in [0.05, 0.1) is 5.56 Å². The van der Waals surface area contributed by atoms with Crippen LogP contribution in [0.25, 0.3) is 0 Å². The number of amides is 2. The van der Waals surface area contributed by atoms with E-state index in [-0.39, 0.29) is 5.91 Å². The zero-order chi connectivity index (χ0) is 18.4. The fourth-order valence-corrected chi connectivity index (χ4v) is 2.22. The molecule has 25 heavy (non-hydrogen) atoms. The number of nitrogens with one attached hydrogen (secondary N) is 2. The third kappa shape index (κ3) is 5.72. The van der Waals surface area contributed by atoms with Crippen molar-refractivity contribution in [1.29, 1.82) is 0 Å². The molecule has 0 aliphatic carbocycles. The summed E-state index contributed by atoms with van der Waals surface area (Å²) < 4.78 is 6.01. The van der Waals surface area contributed by atoms with Gasteiger partial charge in [-0.2, -0.15) is 0 Å². The predicted octanol–water partition coefficient (Wildman–Crippen LogP) is 3.59. The Labute approximate surface area is 153 Å². The lowest BCUT2D eigenvalue weighted by molar-refractivity contribution is -0.123. The second kappa shape index (κ2) is 8.43. The Balaban J connectivity index is 1.92. The van der Waals surface area contributed by atoms with Crippen LogP contribution in [0.15, 0.2) is 53.0 Å². The average Bonchev–Trinajstić information content (AvgIpc) is 2.56. The van der Waals surface area contributed by atoms with Crippen molar-refractivity contribution in [3.8, 4) is 0 Å². The number of benzene rings is 2. The molecule has 0 radical (unpaired) electrons. The second-order valence-electron chi connectivity index (χ2n) is 5.30. The van der Waals surface area contributed by atoms with E-state index >= 15 is 0 Å². The van der Waals surface area contributed by atoms with Crippen molar-refractivity contribution in [3.63, 3.8) is 0 Å². The van der Waals surface area contributed by atoms with Crippen LogP contribution in [0.2, 0.25) is 0 Å². The third-order valence-corrected chi connectivity index (χ3v) is 3.73. The first-order chi connectivity index (χ1) is 11.8. The van der Waals surface area contributed by atoms with Crippen molar-refractivity contribution in [3.05, 3.63) is 58.6 Å². The van der Waals surface area contributed by atoms with E-state index in [1.54, 1.807) is 48.5 Å². The topological polar surface area (TPSA) is 84.5 Å². The zero-order valence-corrected chi connectivity index (χ0v) is 15.3. The zero-order valence-electron chi connectivity index (χ0n) is 13.7. The maximum atomic E-state index is 12.1. The summed E-state index contributed by atoms with van der Waals surface area (Å²) in [4.78, 5) is 35.1. The normalized spacial score (nSPS) is 11.3. The van der Waals surface area contributed by atoms with Crippen LogP contribution in [0.4, 0.5) is 11.4 Å². The van der Waals surface area contributed by atoms with E-state index in [1.807, 2.05) is 0 Å². The molecule has 0 heterocycles. The van der Waals surface area contributed by atoms with Crippen LogP contribution in [0.1, 0.15) is 24.2 Å². The van der Waals surface area contributed by atoms with E-state index in [0.29, 0.717) is 16.9 Å². The standard InChI is InChI=1S/C18H17BrN2O4/c1-11(25-18(24)13-3-5-14(19)6-4-13)17(23)21-16-9-7-15(8-10-16)20-12(2)22/h3-11H,1-2H3,(H,20,22)(H,21,23)/t11-/m1/s1. The van der Waals surface area contributed by atoms with Crippen molar-refractivity contribution in [2.24, 2.45) is 0 Å². The first-order valence-corrected chi connectivity index (χ1v) is 8.29. The van der Waals surface area contributed by atoms with Gasteiger partial charge in [0.1, 0.15) is 0 Å². The quantitative estimate of drug-likeness (QED) is 0.745. The lowest BCUT2D eigenvalue weighted by atomic mass is 10.2. The minimum Gasteiger partial charge on any atom is -0.449 e. The Morgan fingerprint density at radius 3 is 1.96 bits per heavy atom. The van der Waals surface area contributed by atoms with E-state index < -0.39 is 18.0 Å². The number of rotatable bonds is 5. The van der Waals surface area contributed by atoms with Gasteiger partial charge in [-0.15, -0.1) is 0 Å². The molecule has 0 aliphatic heterocycles. The van der Waals surface area contributed by atoms with Gasteiger partial charge in [-0.05, 0) is 55.5 Å². The molecule has 7 heteroatoms. The Morgan fingerprint density at radius 2 is 1.44 bits per heavy atom. The highest BCUT2D eigenvalue weighted by molar-refractivity contribution is 9.10. The molecular weight excluding hydrogens is 388 g/mol. The summed E-state index contributed by atoms with van der Waals surface area (Å²) in [6.07, 6.45) is -0.953. The van der Waals surface area contributed by atoms with Gasteiger partial charge in [-0.1, -0.05) is 15.9 Å². The minimum atomic E-state index is -0.953. The monoisotopic (exact) mass is 404 g/mol. The molecule has 2 aromatic rings. The summed E-state index contributed by atoms with van der Waals surface area (Å²) in [5.74, 6) is -1.20. The van der Waals surface area contributed by atoms with E-state index in [0.717, 1.165) is 4.47 Å². The minimum absolute atomic E-state index is 0.176. The highest BCUT2D eigenvalue weighted by Gasteiger charge is 2.19. The van der Waals surface area contributed by atoms with Crippen LogP contribution in [0.5, 0.6) is 0 Å². The maximum absolute atomic E-state index is 12.1. The van der Waals surface area contributed by atoms with Gasteiger partial charge in [-0.25, -0.2) is 4.79 Å². The molecule has 0 aromatic heterocycles. The van der Waals surface area contributed by atoms with E-state index in [1.165, 1.54) is 13.8 Å².